The van der Waals surface area contributed by atoms with Crippen molar-refractivity contribution in [3.8, 4) is 17.1 Å². The van der Waals surface area contributed by atoms with Crippen molar-refractivity contribution in [3.63, 3.8) is 0 Å². The third-order valence-electron chi connectivity index (χ3n) is 2.72. The smallest absolute Gasteiger partial charge is 0.176 e. The number of nitrogens with two attached hydrogens (primary N) is 1. The fraction of sp³-hybridized carbons (Fsp3) is 0.308. The van der Waals surface area contributed by atoms with Gasteiger partial charge in [0.1, 0.15) is 5.75 Å². The van der Waals surface area contributed by atoms with Gasteiger partial charge in [0.25, 0.3) is 0 Å². The van der Waals surface area contributed by atoms with Crippen LogP contribution >= 0.6 is 11.6 Å². The van der Waals surface area contributed by atoms with E-state index in [1.165, 1.54) is 0 Å². The largest absolute Gasteiger partial charge is 0.496 e. The molecular formula is C13H15ClN2O2. The van der Waals surface area contributed by atoms with Crippen LogP contribution in [0, 0.1) is 0 Å². The molecule has 0 saturated heterocycles. The number of aromatic nitrogens is 1. The maximum absolute atomic E-state index is 6.01. The molecule has 96 valence electrons. The third-order valence-corrected chi connectivity index (χ3v) is 2.96. The van der Waals surface area contributed by atoms with E-state index in [0.717, 1.165) is 24.0 Å². The number of hydrogen-bond acceptors (Lipinski definition) is 4. The van der Waals surface area contributed by atoms with Gasteiger partial charge >= 0.3 is 0 Å². The van der Waals surface area contributed by atoms with Crippen LogP contribution in [0.3, 0.4) is 0 Å². The summed E-state index contributed by atoms with van der Waals surface area (Å²) in [7, 11) is 1.60. The highest BCUT2D eigenvalue weighted by atomic mass is 35.5. The molecule has 0 saturated carbocycles. The number of rotatable bonds is 4. The molecule has 1 aromatic heterocycles. The average Bonchev–Trinajstić information content (AvgIpc) is 2.72. The molecule has 1 heterocycles. The Morgan fingerprint density at radius 2 is 2.22 bits per heavy atom. The Bertz CT molecular complexity index is 552. The second-order valence-corrected chi connectivity index (χ2v) is 4.41. The van der Waals surface area contributed by atoms with Gasteiger partial charge in [-0.15, -0.1) is 0 Å². The van der Waals surface area contributed by atoms with Crippen LogP contribution in [0.2, 0.25) is 5.02 Å². The highest BCUT2D eigenvalue weighted by Crippen LogP contribution is 2.36. The van der Waals surface area contributed by atoms with Crippen LogP contribution in [0.15, 0.2) is 22.7 Å². The van der Waals surface area contributed by atoms with Gasteiger partial charge in [0.05, 0.1) is 12.7 Å². The molecular weight excluding hydrogens is 252 g/mol. The molecule has 0 bridgehead atoms. The van der Waals surface area contributed by atoms with Crippen LogP contribution in [-0.2, 0) is 6.42 Å². The van der Waals surface area contributed by atoms with E-state index < -0.39 is 0 Å². The molecule has 2 rings (SSSR count). The quantitative estimate of drug-likeness (QED) is 0.919. The predicted molar refractivity (Wildman–Crippen MR) is 71.9 cm³/mol. The van der Waals surface area contributed by atoms with Gasteiger partial charge < -0.3 is 15.0 Å². The first-order valence-electron chi connectivity index (χ1n) is 5.75. The Kier molecular flexibility index (Phi) is 3.77. The SMILES string of the molecule is CCCc1c(N)noc1-c1cc(Cl)ccc1OC. The number of methoxy groups -OCH3 is 1. The molecule has 2 N–H and O–H groups in total. The second kappa shape index (κ2) is 5.31. The van der Waals surface area contributed by atoms with Gasteiger partial charge in [-0.05, 0) is 24.6 Å². The van der Waals surface area contributed by atoms with Crippen molar-refractivity contribution in [3.05, 3.63) is 28.8 Å². The third kappa shape index (κ3) is 2.29. The Hall–Kier alpha value is -1.68. The van der Waals surface area contributed by atoms with Crippen LogP contribution < -0.4 is 10.5 Å². The molecule has 0 aliphatic carbocycles. The van der Waals surface area contributed by atoms with Gasteiger partial charge in [-0.2, -0.15) is 0 Å². The zero-order valence-corrected chi connectivity index (χ0v) is 11.1. The minimum absolute atomic E-state index is 0.425. The van der Waals surface area contributed by atoms with E-state index in [0.29, 0.717) is 22.4 Å². The molecule has 1 aromatic carbocycles. The van der Waals surface area contributed by atoms with Crippen LogP contribution in [-0.4, -0.2) is 12.3 Å². The minimum atomic E-state index is 0.425. The highest BCUT2D eigenvalue weighted by Gasteiger charge is 2.18. The summed E-state index contributed by atoms with van der Waals surface area (Å²) in [6.45, 7) is 2.07. The summed E-state index contributed by atoms with van der Waals surface area (Å²) in [6.07, 6.45) is 1.77. The fourth-order valence-corrected chi connectivity index (χ4v) is 2.05. The van der Waals surface area contributed by atoms with Crippen LogP contribution in [0.25, 0.3) is 11.3 Å². The van der Waals surface area contributed by atoms with E-state index in [-0.39, 0.29) is 0 Å². The summed E-state index contributed by atoms with van der Waals surface area (Å²) in [5, 5.41) is 4.43. The maximum Gasteiger partial charge on any atom is 0.176 e. The van der Waals surface area contributed by atoms with Gasteiger partial charge in [-0.1, -0.05) is 30.1 Å². The van der Waals surface area contributed by atoms with Crippen LogP contribution in [0.5, 0.6) is 5.75 Å². The van der Waals surface area contributed by atoms with E-state index in [4.69, 9.17) is 26.6 Å². The summed E-state index contributed by atoms with van der Waals surface area (Å²) in [5.41, 5.74) is 7.49. The van der Waals surface area contributed by atoms with Crippen molar-refractivity contribution in [2.45, 2.75) is 19.8 Å². The van der Waals surface area contributed by atoms with Gasteiger partial charge in [0, 0.05) is 10.6 Å². The molecule has 0 radical (unpaired) electrons. The maximum atomic E-state index is 6.01. The number of nitrogen functional groups attached to an aromatic ring is 1. The summed E-state index contributed by atoms with van der Waals surface area (Å²) >= 11 is 6.01. The average molecular weight is 267 g/mol. The molecule has 2 aromatic rings. The lowest BCUT2D eigenvalue weighted by Gasteiger charge is -2.07. The summed E-state index contributed by atoms with van der Waals surface area (Å²) in [4.78, 5) is 0. The molecule has 0 fully saturated rings. The van der Waals surface area contributed by atoms with Crippen LogP contribution in [0.4, 0.5) is 5.82 Å². The van der Waals surface area contributed by atoms with Gasteiger partial charge in [0.2, 0.25) is 0 Å². The molecule has 18 heavy (non-hydrogen) atoms. The topological polar surface area (TPSA) is 61.3 Å². The van der Waals surface area contributed by atoms with Gasteiger partial charge in [0.15, 0.2) is 11.6 Å². The zero-order valence-electron chi connectivity index (χ0n) is 10.4. The highest BCUT2D eigenvalue weighted by molar-refractivity contribution is 6.31. The molecule has 5 heteroatoms. The van der Waals surface area contributed by atoms with E-state index in [1.54, 1.807) is 25.3 Å². The Morgan fingerprint density at radius 1 is 1.44 bits per heavy atom. The van der Waals surface area contributed by atoms with Crippen molar-refractivity contribution in [1.82, 2.24) is 5.16 Å². The van der Waals surface area contributed by atoms with E-state index >= 15 is 0 Å². The number of benzene rings is 1. The normalized spacial score (nSPS) is 10.6. The van der Waals surface area contributed by atoms with Crippen molar-refractivity contribution in [2.24, 2.45) is 0 Å². The molecule has 0 spiro atoms. The summed E-state index contributed by atoms with van der Waals surface area (Å²) in [6, 6.07) is 5.36. The second-order valence-electron chi connectivity index (χ2n) is 3.97. The standard InChI is InChI=1S/C13H15ClN2O2/c1-3-4-9-12(18-16-13(9)15)10-7-8(14)5-6-11(10)17-2/h5-7H,3-4H2,1-2H3,(H2,15,16). The van der Waals surface area contributed by atoms with Crippen molar-refractivity contribution >= 4 is 17.4 Å². The number of halogens is 1. The molecule has 0 amide bonds. The Morgan fingerprint density at radius 3 is 2.89 bits per heavy atom. The molecule has 0 aliphatic rings. The molecule has 0 aliphatic heterocycles. The van der Waals surface area contributed by atoms with Gasteiger partial charge in [-0.3, -0.25) is 0 Å². The first-order chi connectivity index (χ1) is 8.67. The lowest BCUT2D eigenvalue weighted by molar-refractivity contribution is 0.406. The first-order valence-corrected chi connectivity index (χ1v) is 6.13. The minimum Gasteiger partial charge on any atom is -0.496 e. The predicted octanol–water partition coefficient (Wildman–Crippen LogP) is 3.54. The summed E-state index contributed by atoms with van der Waals surface area (Å²) in [5.74, 6) is 1.75. The first kappa shape index (κ1) is 12.8. The van der Waals surface area contributed by atoms with E-state index in [9.17, 15) is 0 Å². The number of anilines is 1. The number of ether oxygens (including phenoxy) is 1. The zero-order chi connectivity index (χ0) is 13.1. The molecule has 0 atom stereocenters. The molecule has 0 unspecified atom stereocenters. The fourth-order valence-electron chi connectivity index (χ4n) is 1.88. The number of nitrogens with zero attached hydrogens (tertiary/aromatic N) is 1. The van der Waals surface area contributed by atoms with Crippen molar-refractivity contribution in [1.29, 1.82) is 0 Å². The van der Waals surface area contributed by atoms with E-state index in [2.05, 4.69) is 12.1 Å². The lowest BCUT2D eigenvalue weighted by Crippen LogP contribution is -1.94. The Balaban J connectivity index is 2.57. The van der Waals surface area contributed by atoms with E-state index in [1.807, 2.05) is 0 Å². The summed E-state index contributed by atoms with van der Waals surface area (Å²) < 4.78 is 10.6. The van der Waals surface area contributed by atoms with Gasteiger partial charge in [-0.25, -0.2) is 0 Å². The molecule has 4 nitrogen and oxygen atoms in total. The monoisotopic (exact) mass is 266 g/mol. The van der Waals surface area contributed by atoms with Crippen molar-refractivity contribution < 1.29 is 9.26 Å². The lowest BCUT2D eigenvalue weighted by atomic mass is 10.0. The number of hydrogen-bond donors (Lipinski definition) is 1. The van der Waals surface area contributed by atoms with Crippen LogP contribution in [0.1, 0.15) is 18.9 Å². The Labute approximate surface area is 111 Å². The van der Waals surface area contributed by atoms with Crippen molar-refractivity contribution in [2.75, 3.05) is 12.8 Å².